The van der Waals surface area contributed by atoms with Crippen molar-refractivity contribution >= 4 is 11.9 Å². The SMILES string of the molecule is CC1CCN(C(=O)Cc2ccccc2C(=O)O)C1c1cccc(F)c1. The number of hydrogen-bond donors (Lipinski definition) is 1. The smallest absolute Gasteiger partial charge is 0.335 e. The number of hydrogen-bond acceptors (Lipinski definition) is 2. The van der Waals surface area contributed by atoms with E-state index in [-0.39, 0.29) is 35.7 Å². The predicted molar refractivity (Wildman–Crippen MR) is 91.7 cm³/mol. The van der Waals surface area contributed by atoms with Gasteiger partial charge in [-0.2, -0.15) is 0 Å². The maximum absolute atomic E-state index is 13.6. The number of carboxylic acids is 1. The molecular weight excluding hydrogens is 321 g/mol. The molecule has 1 saturated heterocycles. The minimum absolute atomic E-state index is 0.0288. The normalized spacial score (nSPS) is 19.8. The second-order valence-electron chi connectivity index (χ2n) is 6.49. The standard InChI is InChI=1S/C20H20FNO3/c1-13-9-10-22(19(13)15-6-4-7-16(21)11-15)18(23)12-14-5-2-3-8-17(14)20(24)25/h2-8,11,13,19H,9-10,12H2,1H3,(H,24,25). The van der Waals surface area contributed by atoms with Crippen LogP contribution in [0.15, 0.2) is 48.5 Å². The van der Waals surface area contributed by atoms with Crippen molar-refractivity contribution in [2.75, 3.05) is 6.54 Å². The first-order valence-electron chi connectivity index (χ1n) is 8.33. The predicted octanol–water partition coefficient (Wildman–Crippen LogP) is 3.68. The number of nitrogens with zero attached hydrogens (tertiary/aromatic N) is 1. The van der Waals surface area contributed by atoms with Crippen molar-refractivity contribution in [1.29, 1.82) is 0 Å². The van der Waals surface area contributed by atoms with E-state index in [9.17, 15) is 19.1 Å². The van der Waals surface area contributed by atoms with Gasteiger partial charge in [-0.1, -0.05) is 37.3 Å². The van der Waals surface area contributed by atoms with Crippen molar-refractivity contribution in [1.82, 2.24) is 4.90 Å². The lowest BCUT2D eigenvalue weighted by atomic mass is 9.95. The van der Waals surface area contributed by atoms with E-state index in [0.29, 0.717) is 12.1 Å². The van der Waals surface area contributed by atoms with Gasteiger partial charge in [-0.15, -0.1) is 0 Å². The summed E-state index contributed by atoms with van der Waals surface area (Å²) in [5.74, 6) is -1.27. The van der Waals surface area contributed by atoms with Crippen LogP contribution in [0.1, 0.15) is 40.9 Å². The highest BCUT2D eigenvalue weighted by Crippen LogP contribution is 2.37. The molecular formula is C20H20FNO3. The molecule has 130 valence electrons. The Bertz CT molecular complexity index is 805. The number of carbonyl (C=O) groups is 2. The van der Waals surface area contributed by atoms with Gasteiger partial charge in [0.1, 0.15) is 5.82 Å². The van der Waals surface area contributed by atoms with Gasteiger partial charge in [0, 0.05) is 6.54 Å². The summed E-state index contributed by atoms with van der Waals surface area (Å²) in [6.07, 6.45) is 0.870. The lowest BCUT2D eigenvalue weighted by molar-refractivity contribution is -0.131. The fourth-order valence-electron chi connectivity index (χ4n) is 3.57. The quantitative estimate of drug-likeness (QED) is 0.923. The summed E-state index contributed by atoms with van der Waals surface area (Å²) in [6.45, 7) is 2.64. The molecule has 0 saturated carbocycles. The molecule has 2 unspecified atom stereocenters. The molecule has 25 heavy (non-hydrogen) atoms. The Balaban J connectivity index is 1.85. The van der Waals surface area contributed by atoms with E-state index in [4.69, 9.17) is 0 Å². The number of amides is 1. The number of carbonyl (C=O) groups excluding carboxylic acids is 1. The van der Waals surface area contributed by atoms with E-state index >= 15 is 0 Å². The first kappa shape index (κ1) is 17.1. The summed E-state index contributed by atoms with van der Waals surface area (Å²) in [7, 11) is 0. The monoisotopic (exact) mass is 341 g/mol. The third-order valence-electron chi connectivity index (χ3n) is 4.80. The van der Waals surface area contributed by atoms with Crippen molar-refractivity contribution in [3.8, 4) is 0 Å². The highest BCUT2D eigenvalue weighted by Gasteiger charge is 2.35. The van der Waals surface area contributed by atoms with Crippen LogP contribution < -0.4 is 0 Å². The molecule has 2 atom stereocenters. The van der Waals surface area contributed by atoms with Crippen LogP contribution in [0.4, 0.5) is 4.39 Å². The zero-order valence-corrected chi connectivity index (χ0v) is 14.0. The lowest BCUT2D eigenvalue weighted by Gasteiger charge is -2.28. The second-order valence-corrected chi connectivity index (χ2v) is 6.49. The van der Waals surface area contributed by atoms with Crippen molar-refractivity contribution in [2.24, 2.45) is 5.92 Å². The Morgan fingerprint density at radius 2 is 1.96 bits per heavy atom. The van der Waals surface area contributed by atoms with Crippen LogP contribution >= 0.6 is 0 Å². The van der Waals surface area contributed by atoms with Crippen LogP contribution in [0.25, 0.3) is 0 Å². The van der Waals surface area contributed by atoms with E-state index in [1.165, 1.54) is 18.2 Å². The fourth-order valence-corrected chi connectivity index (χ4v) is 3.57. The number of rotatable bonds is 4. The summed E-state index contributed by atoms with van der Waals surface area (Å²) in [4.78, 5) is 25.9. The van der Waals surface area contributed by atoms with E-state index < -0.39 is 5.97 Å². The van der Waals surface area contributed by atoms with Gasteiger partial charge in [0.25, 0.3) is 0 Å². The number of benzene rings is 2. The zero-order valence-electron chi connectivity index (χ0n) is 14.0. The molecule has 0 aromatic heterocycles. The lowest BCUT2D eigenvalue weighted by Crippen LogP contribution is -2.33. The van der Waals surface area contributed by atoms with E-state index in [1.807, 2.05) is 13.0 Å². The largest absolute Gasteiger partial charge is 0.478 e. The first-order chi connectivity index (χ1) is 12.0. The van der Waals surface area contributed by atoms with Crippen LogP contribution in [-0.2, 0) is 11.2 Å². The van der Waals surface area contributed by atoms with Crippen molar-refractivity contribution < 1.29 is 19.1 Å². The highest BCUT2D eigenvalue weighted by molar-refractivity contribution is 5.91. The van der Waals surface area contributed by atoms with Crippen molar-refractivity contribution in [3.05, 3.63) is 71.0 Å². The van der Waals surface area contributed by atoms with Crippen LogP contribution in [-0.4, -0.2) is 28.4 Å². The summed E-state index contributed by atoms with van der Waals surface area (Å²) >= 11 is 0. The number of halogens is 1. The van der Waals surface area contributed by atoms with Gasteiger partial charge in [0.2, 0.25) is 5.91 Å². The maximum Gasteiger partial charge on any atom is 0.335 e. The summed E-state index contributed by atoms with van der Waals surface area (Å²) in [5.41, 5.74) is 1.42. The third-order valence-corrected chi connectivity index (χ3v) is 4.80. The third kappa shape index (κ3) is 3.55. The first-order valence-corrected chi connectivity index (χ1v) is 8.33. The van der Waals surface area contributed by atoms with E-state index in [1.54, 1.807) is 29.2 Å². The molecule has 0 bridgehead atoms. The molecule has 1 aliphatic heterocycles. The second kappa shape index (κ2) is 7.05. The Morgan fingerprint density at radius 1 is 1.20 bits per heavy atom. The van der Waals surface area contributed by atoms with Gasteiger partial charge < -0.3 is 10.0 Å². The van der Waals surface area contributed by atoms with Crippen molar-refractivity contribution in [3.63, 3.8) is 0 Å². The molecule has 1 amide bonds. The van der Waals surface area contributed by atoms with Gasteiger partial charge in [0.05, 0.1) is 18.0 Å². The number of carboxylic acid groups (broad SMARTS) is 1. The molecule has 1 heterocycles. The van der Waals surface area contributed by atoms with Crippen LogP contribution in [0.3, 0.4) is 0 Å². The molecule has 0 spiro atoms. The molecule has 1 N–H and O–H groups in total. The summed E-state index contributed by atoms with van der Waals surface area (Å²) in [6, 6.07) is 12.7. The fraction of sp³-hybridized carbons (Fsp3) is 0.300. The van der Waals surface area contributed by atoms with Crippen molar-refractivity contribution in [2.45, 2.75) is 25.8 Å². The summed E-state index contributed by atoms with van der Waals surface area (Å²) < 4.78 is 13.6. The summed E-state index contributed by atoms with van der Waals surface area (Å²) in [5, 5.41) is 9.28. The topological polar surface area (TPSA) is 57.6 Å². The Labute approximate surface area is 145 Å². The van der Waals surface area contributed by atoms with Crippen LogP contribution in [0.2, 0.25) is 0 Å². The van der Waals surface area contributed by atoms with E-state index in [2.05, 4.69) is 0 Å². The highest BCUT2D eigenvalue weighted by atomic mass is 19.1. The molecule has 3 rings (SSSR count). The minimum atomic E-state index is -1.04. The van der Waals surface area contributed by atoms with Gasteiger partial charge in [-0.05, 0) is 41.7 Å². The number of aromatic carboxylic acids is 1. The molecule has 4 nitrogen and oxygen atoms in total. The zero-order chi connectivity index (χ0) is 18.0. The van der Waals surface area contributed by atoms with Gasteiger partial charge >= 0.3 is 5.97 Å². The molecule has 5 heteroatoms. The Hall–Kier alpha value is -2.69. The molecule has 0 aliphatic carbocycles. The Kier molecular flexibility index (Phi) is 4.83. The van der Waals surface area contributed by atoms with Gasteiger partial charge in [-0.25, -0.2) is 9.18 Å². The molecule has 2 aromatic carbocycles. The maximum atomic E-state index is 13.6. The molecule has 1 fully saturated rings. The van der Waals surface area contributed by atoms with E-state index in [0.717, 1.165) is 12.0 Å². The van der Waals surface area contributed by atoms with Crippen LogP contribution in [0, 0.1) is 11.7 Å². The Morgan fingerprint density at radius 3 is 2.68 bits per heavy atom. The van der Waals surface area contributed by atoms with Crippen LogP contribution in [0.5, 0.6) is 0 Å². The molecule has 2 aromatic rings. The van der Waals surface area contributed by atoms with Gasteiger partial charge in [-0.3, -0.25) is 4.79 Å². The van der Waals surface area contributed by atoms with Gasteiger partial charge in [0.15, 0.2) is 0 Å². The number of likely N-dealkylation sites (tertiary alicyclic amines) is 1. The average molecular weight is 341 g/mol. The molecule has 0 radical (unpaired) electrons. The molecule has 1 aliphatic rings. The average Bonchev–Trinajstić information content (AvgIpc) is 2.97. The minimum Gasteiger partial charge on any atom is -0.478 e.